The average Bonchev–Trinajstić information content (AvgIpc) is 2.73. The second-order valence-corrected chi connectivity index (χ2v) is 6.94. The molecule has 0 aliphatic heterocycles. The van der Waals surface area contributed by atoms with Crippen LogP contribution in [-0.4, -0.2) is 18.0 Å². The Morgan fingerprint density at radius 3 is 2.00 bits per heavy atom. The van der Waals surface area contributed by atoms with Gasteiger partial charge in [0.2, 0.25) is 0 Å². The van der Waals surface area contributed by atoms with Crippen LogP contribution in [0.3, 0.4) is 0 Å². The molecule has 0 heterocycles. The SMILES string of the molecule is CC(=O)Oc1ccc(-c2ccc(CCC(C)OC(=O)c3ccccc3)cc2)cc1. The molecule has 0 aliphatic carbocycles. The topological polar surface area (TPSA) is 52.6 Å². The van der Waals surface area contributed by atoms with Crippen molar-refractivity contribution in [2.75, 3.05) is 0 Å². The van der Waals surface area contributed by atoms with Gasteiger partial charge in [-0.3, -0.25) is 4.79 Å². The standard InChI is InChI=1S/C25H24O4/c1-18(28-25(27)23-6-4-3-5-7-23)8-9-20-10-12-21(13-11-20)22-14-16-24(17-15-22)29-19(2)26/h3-7,10-18H,8-9H2,1-2H3. The first-order chi connectivity index (χ1) is 14.0. The molecule has 4 heteroatoms. The van der Waals surface area contributed by atoms with Gasteiger partial charge in [-0.1, -0.05) is 54.6 Å². The van der Waals surface area contributed by atoms with Crippen molar-refractivity contribution < 1.29 is 19.1 Å². The molecule has 3 rings (SSSR count). The van der Waals surface area contributed by atoms with Crippen LogP contribution in [0.15, 0.2) is 78.9 Å². The molecule has 148 valence electrons. The number of benzene rings is 3. The number of hydrogen-bond acceptors (Lipinski definition) is 4. The number of aryl methyl sites for hydroxylation is 1. The first-order valence-electron chi connectivity index (χ1n) is 9.65. The lowest BCUT2D eigenvalue weighted by Gasteiger charge is -2.13. The maximum atomic E-state index is 12.1. The minimum absolute atomic E-state index is 0.156. The molecule has 3 aromatic carbocycles. The van der Waals surface area contributed by atoms with Gasteiger partial charge in [0.05, 0.1) is 11.7 Å². The summed E-state index contributed by atoms with van der Waals surface area (Å²) in [5, 5.41) is 0. The maximum absolute atomic E-state index is 12.1. The molecule has 0 saturated carbocycles. The van der Waals surface area contributed by atoms with Crippen LogP contribution in [-0.2, 0) is 16.0 Å². The molecule has 0 amide bonds. The zero-order chi connectivity index (χ0) is 20.6. The summed E-state index contributed by atoms with van der Waals surface area (Å²) < 4.78 is 10.6. The molecule has 1 unspecified atom stereocenters. The van der Waals surface area contributed by atoms with Gasteiger partial charge < -0.3 is 9.47 Å². The summed E-state index contributed by atoms with van der Waals surface area (Å²) in [5.74, 6) is -0.0756. The van der Waals surface area contributed by atoms with Crippen molar-refractivity contribution in [2.24, 2.45) is 0 Å². The molecule has 3 aromatic rings. The third-order valence-corrected chi connectivity index (χ3v) is 4.56. The average molecular weight is 388 g/mol. The minimum atomic E-state index is -0.328. The monoisotopic (exact) mass is 388 g/mol. The molecule has 29 heavy (non-hydrogen) atoms. The van der Waals surface area contributed by atoms with E-state index in [4.69, 9.17) is 9.47 Å². The molecular formula is C25H24O4. The van der Waals surface area contributed by atoms with Crippen molar-refractivity contribution in [2.45, 2.75) is 32.8 Å². The summed E-state index contributed by atoms with van der Waals surface area (Å²) in [6, 6.07) is 24.8. The molecule has 0 N–H and O–H groups in total. The highest BCUT2D eigenvalue weighted by molar-refractivity contribution is 5.89. The van der Waals surface area contributed by atoms with Crippen molar-refractivity contribution in [1.82, 2.24) is 0 Å². The van der Waals surface area contributed by atoms with E-state index in [2.05, 4.69) is 24.3 Å². The van der Waals surface area contributed by atoms with Gasteiger partial charge in [-0.05, 0) is 60.7 Å². The quantitative estimate of drug-likeness (QED) is 0.398. The van der Waals surface area contributed by atoms with Crippen LogP contribution in [0.4, 0.5) is 0 Å². The van der Waals surface area contributed by atoms with Crippen LogP contribution >= 0.6 is 0 Å². The van der Waals surface area contributed by atoms with Gasteiger partial charge in [0, 0.05) is 6.92 Å². The molecule has 1 atom stereocenters. The number of carbonyl (C=O) groups is 2. The van der Waals surface area contributed by atoms with Crippen molar-refractivity contribution in [3.8, 4) is 16.9 Å². The Morgan fingerprint density at radius 1 is 0.828 bits per heavy atom. The lowest BCUT2D eigenvalue weighted by Crippen LogP contribution is -2.15. The number of ether oxygens (including phenoxy) is 2. The third kappa shape index (κ3) is 6.04. The van der Waals surface area contributed by atoms with E-state index >= 15 is 0 Å². The van der Waals surface area contributed by atoms with E-state index in [1.165, 1.54) is 12.5 Å². The maximum Gasteiger partial charge on any atom is 0.338 e. The van der Waals surface area contributed by atoms with Crippen LogP contribution < -0.4 is 4.74 Å². The molecule has 4 nitrogen and oxygen atoms in total. The summed E-state index contributed by atoms with van der Waals surface area (Å²) in [5.41, 5.74) is 3.90. The normalized spacial score (nSPS) is 11.5. The lowest BCUT2D eigenvalue weighted by atomic mass is 10.0. The van der Waals surface area contributed by atoms with Crippen LogP contribution in [0.25, 0.3) is 11.1 Å². The van der Waals surface area contributed by atoms with E-state index in [1.54, 1.807) is 24.3 Å². The van der Waals surface area contributed by atoms with Gasteiger partial charge in [0.25, 0.3) is 0 Å². The summed E-state index contributed by atoms with van der Waals surface area (Å²) >= 11 is 0. The highest BCUT2D eigenvalue weighted by Gasteiger charge is 2.11. The minimum Gasteiger partial charge on any atom is -0.459 e. The molecule has 0 aliphatic rings. The highest BCUT2D eigenvalue weighted by Crippen LogP contribution is 2.23. The van der Waals surface area contributed by atoms with Gasteiger partial charge in [-0.2, -0.15) is 0 Å². The number of rotatable bonds is 7. The Labute approximate surface area is 171 Å². The predicted octanol–water partition coefficient (Wildman–Crippen LogP) is 5.46. The zero-order valence-electron chi connectivity index (χ0n) is 16.6. The van der Waals surface area contributed by atoms with Crippen molar-refractivity contribution >= 4 is 11.9 Å². The zero-order valence-corrected chi connectivity index (χ0v) is 16.6. The van der Waals surface area contributed by atoms with Crippen molar-refractivity contribution in [3.05, 3.63) is 90.0 Å². The molecular weight excluding hydrogens is 364 g/mol. The smallest absolute Gasteiger partial charge is 0.338 e. The molecule has 0 spiro atoms. The summed E-state index contributed by atoms with van der Waals surface area (Å²) in [4.78, 5) is 23.1. The third-order valence-electron chi connectivity index (χ3n) is 4.56. The molecule has 0 aromatic heterocycles. The van der Waals surface area contributed by atoms with Crippen LogP contribution in [0.1, 0.15) is 36.2 Å². The largest absolute Gasteiger partial charge is 0.459 e. The Hall–Kier alpha value is -3.40. The van der Waals surface area contributed by atoms with Gasteiger partial charge in [0.15, 0.2) is 0 Å². The van der Waals surface area contributed by atoms with Crippen LogP contribution in [0.5, 0.6) is 5.75 Å². The van der Waals surface area contributed by atoms with Crippen molar-refractivity contribution in [1.29, 1.82) is 0 Å². The second-order valence-electron chi connectivity index (χ2n) is 6.94. The second kappa shape index (κ2) is 9.69. The lowest BCUT2D eigenvalue weighted by molar-refractivity contribution is -0.131. The van der Waals surface area contributed by atoms with E-state index in [0.29, 0.717) is 11.3 Å². The fourth-order valence-electron chi connectivity index (χ4n) is 3.00. The number of carbonyl (C=O) groups excluding carboxylic acids is 2. The first kappa shape index (κ1) is 20.3. The van der Waals surface area contributed by atoms with E-state index in [1.807, 2.05) is 37.3 Å². The van der Waals surface area contributed by atoms with Gasteiger partial charge >= 0.3 is 11.9 Å². The molecule has 0 bridgehead atoms. The van der Waals surface area contributed by atoms with Crippen molar-refractivity contribution in [3.63, 3.8) is 0 Å². The highest BCUT2D eigenvalue weighted by atomic mass is 16.5. The van der Waals surface area contributed by atoms with Gasteiger partial charge in [-0.15, -0.1) is 0 Å². The molecule has 0 radical (unpaired) electrons. The Balaban J connectivity index is 1.52. The molecule has 0 fully saturated rings. The summed E-state index contributed by atoms with van der Waals surface area (Å²) in [7, 11) is 0. The van der Waals surface area contributed by atoms with Gasteiger partial charge in [0.1, 0.15) is 5.75 Å². The van der Waals surface area contributed by atoms with E-state index in [0.717, 1.165) is 24.0 Å². The number of esters is 2. The predicted molar refractivity (Wildman–Crippen MR) is 113 cm³/mol. The van der Waals surface area contributed by atoms with Crippen LogP contribution in [0.2, 0.25) is 0 Å². The summed E-state index contributed by atoms with van der Waals surface area (Å²) in [6.07, 6.45) is 1.43. The number of hydrogen-bond donors (Lipinski definition) is 0. The van der Waals surface area contributed by atoms with Gasteiger partial charge in [-0.25, -0.2) is 4.79 Å². The fraction of sp³-hybridized carbons (Fsp3) is 0.200. The van der Waals surface area contributed by atoms with E-state index in [-0.39, 0.29) is 18.0 Å². The first-order valence-corrected chi connectivity index (χ1v) is 9.65. The summed E-state index contributed by atoms with van der Waals surface area (Å²) in [6.45, 7) is 3.30. The van der Waals surface area contributed by atoms with Crippen LogP contribution in [0, 0.1) is 0 Å². The van der Waals surface area contributed by atoms with E-state index in [9.17, 15) is 9.59 Å². The van der Waals surface area contributed by atoms with E-state index < -0.39 is 0 Å². The Kier molecular flexibility index (Phi) is 6.80. The fourth-order valence-corrected chi connectivity index (χ4v) is 3.00. The Morgan fingerprint density at radius 2 is 1.41 bits per heavy atom. The Bertz CT molecular complexity index is 944. The molecule has 0 saturated heterocycles.